The zero-order valence-electron chi connectivity index (χ0n) is 40.5. The van der Waals surface area contributed by atoms with Gasteiger partial charge in [-0.05, 0) is 70.6 Å². The Balaban J connectivity index is 4.55. The van der Waals surface area contributed by atoms with Crippen molar-refractivity contribution in [2.45, 2.75) is 219 Å². The first-order valence-electron chi connectivity index (χ1n) is 25.4. The molecule has 0 aromatic rings. The van der Waals surface area contributed by atoms with E-state index in [9.17, 15) is 14.4 Å². The molecule has 0 bridgehead atoms. The predicted molar refractivity (Wildman–Crippen MR) is 270 cm³/mol. The van der Waals surface area contributed by atoms with E-state index in [-0.39, 0.29) is 44.0 Å². The largest absolute Gasteiger partial charge is 0.462 e. The summed E-state index contributed by atoms with van der Waals surface area (Å²) in [6.45, 7) is 6.29. The van der Waals surface area contributed by atoms with E-state index in [1.165, 1.54) is 70.6 Å². The molecule has 0 radical (unpaired) electrons. The van der Waals surface area contributed by atoms with E-state index in [0.29, 0.717) is 12.8 Å². The third kappa shape index (κ3) is 49.0. The molecule has 0 amide bonds. The van der Waals surface area contributed by atoms with Crippen LogP contribution in [0.4, 0.5) is 0 Å². The van der Waals surface area contributed by atoms with Gasteiger partial charge in [-0.3, -0.25) is 14.4 Å². The molecule has 0 aliphatic heterocycles. The summed E-state index contributed by atoms with van der Waals surface area (Å²) in [5.74, 6) is -1.03. The van der Waals surface area contributed by atoms with Crippen LogP contribution >= 0.6 is 0 Å². The summed E-state index contributed by atoms with van der Waals surface area (Å²) < 4.78 is 16.7. The first-order valence-corrected chi connectivity index (χ1v) is 25.4. The van der Waals surface area contributed by atoms with Crippen molar-refractivity contribution in [3.05, 3.63) is 109 Å². The van der Waals surface area contributed by atoms with Gasteiger partial charge in [0, 0.05) is 19.3 Å². The maximum Gasteiger partial charge on any atom is 0.306 e. The lowest BCUT2D eigenvalue weighted by Gasteiger charge is -2.18. The second-order valence-electron chi connectivity index (χ2n) is 16.4. The molecule has 63 heavy (non-hydrogen) atoms. The lowest BCUT2D eigenvalue weighted by Crippen LogP contribution is -2.30. The third-order valence-electron chi connectivity index (χ3n) is 10.4. The molecular weight excluding hydrogens is 781 g/mol. The fraction of sp³-hybridized carbons (Fsp3) is 0.632. The molecule has 0 N–H and O–H groups in total. The highest BCUT2D eigenvalue weighted by Gasteiger charge is 2.19. The molecule has 1 unspecified atom stereocenters. The summed E-state index contributed by atoms with van der Waals surface area (Å²) in [5, 5.41) is 0. The molecule has 356 valence electrons. The van der Waals surface area contributed by atoms with E-state index >= 15 is 0 Å². The van der Waals surface area contributed by atoms with E-state index in [1.807, 2.05) is 36.5 Å². The number of rotatable bonds is 44. The molecule has 0 aromatic heterocycles. The molecule has 0 saturated heterocycles. The summed E-state index contributed by atoms with van der Waals surface area (Å²) >= 11 is 0. The lowest BCUT2D eigenvalue weighted by molar-refractivity contribution is -0.166. The van der Waals surface area contributed by atoms with Gasteiger partial charge >= 0.3 is 17.9 Å². The first-order chi connectivity index (χ1) is 31.0. The summed E-state index contributed by atoms with van der Waals surface area (Å²) in [7, 11) is 0. The molecular formula is C57H92O6. The van der Waals surface area contributed by atoms with Crippen LogP contribution in [0.3, 0.4) is 0 Å². The van der Waals surface area contributed by atoms with Gasteiger partial charge in [-0.15, -0.1) is 0 Å². The fourth-order valence-electron chi connectivity index (χ4n) is 6.62. The summed E-state index contributed by atoms with van der Waals surface area (Å²) in [5.41, 5.74) is 0. The zero-order chi connectivity index (χ0) is 45.8. The minimum absolute atomic E-state index is 0.111. The van der Waals surface area contributed by atoms with Crippen molar-refractivity contribution in [3.8, 4) is 0 Å². The molecule has 0 aliphatic rings. The van der Waals surface area contributed by atoms with Crippen molar-refractivity contribution >= 4 is 17.9 Å². The molecule has 0 rings (SSSR count). The van der Waals surface area contributed by atoms with E-state index in [0.717, 1.165) is 96.3 Å². The Morgan fingerprint density at radius 3 is 1.22 bits per heavy atom. The molecule has 6 heteroatoms. The Hall–Kier alpha value is -3.93. The Morgan fingerprint density at radius 2 is 0.730 bits per heavy atom. The molecule has 0 aromatic carbocycles. The van der Waals surface area contributed by atoms with Crippen molar-refractivity contribution in [1.29, 1.82) is 0 Å². The van der Waals surface area contributed by atoms with Gasteiger partial charge in [0.1, 0.15) is 13.2 Å². The topological polar surface area (TPSA) is 78.9 Å². The number of esters is 3. The summed E-state index contributed by atoms with van der Waals surface area (Å²) in [6.07, 6.45) is 67.9. The van der Waals surface area contributed by atoms with Crippen molar-refractivity contribution in [2.75, 3.05) is 13.2 Å². The van der Waals surface area contributed by atoms with Crippen molar-refractivity contribution in [3.63, 3.8) is 0 Å². The van der Waals surface area contributed by atoms with Crippen LogP contribution in [-0.4, -0.2) is 37.2 Å². The number of ether oxygens (including phenoxy) is 3. The highest BCUT2D eigenvalue weighted by molar-refractivity contribution is 5.71. The van der Waals surface area contributed by atoms with E-state index in [2.05, 4.69) is 93.7 Å². The van der Waals surface area contributed by atoms with Gasteiger partial charge in [0.25, 0.3) is 0 Å². The number of unbranched alkanes of at least 4 members (excludes halogenated alkanes) is 18. The second-order valence-corrected chi connectivity index (χ2v) is 16.4. The van der Waals surface area contributed by atoms with Gasteiger partial charge in [0.05, 0.1) is 0 Å². The van der Waals surface area contributed by atoms with E-state index in [4.69, 9.17) is 14.2 Å². The lowest BCUT2D eigenvalue weighted by atomic mass is 10.0. The smallest absolute Gasteiger partial charge is 0.306 e. The average molecular weight is 873 g/mol. The average Bonchev–Trinajstić information content (AvgIpc) is 3.28. The van der Waals surface area contributed by atoms with Crippen LogP contribution in [0.25, 0.3) is 0 Å². The van der Waals surface area contributed by atoms with Gasteiger partial charge in [0.15, 0.2) is 6.10 Å². The molecule has 0 fully saturated rings. The Kier molecular flexibility index (Phi) is 47.5. The molecule has 6 nitrogen and oxygen atoms in total. The van der Waals surface area contributed by atoms with Gasteiger partial charge < -0.3 is 14.2 Å². The number of carbonyl (C=O) groups is 3. The molecule has 0 heterocycles. The fourth-order valence-corrected chi connectivity index (χ4v) is 6.62. The quantitative estimate of drug-likeness (QED) is 0.0199. The highest BCUT2D eigenvalue weighted by Crippen LogP contribution is 2.14. The number of carbonyl (C=O) groups excluding carboxylic acids is 3. The van der Waals surface area contributed by atoms with Crippen molar-refractivity contribution < 1.29 is 28.6 Å². The first kappa shape index (κ1) is 59.1. The standard InChI is InChI=1S/C57H92O6/c1-4-7-10-13-16-19-22-25-28-30-32-35-38-41-44-47-50-56(59)62-53-54(52-61-55(58)49-46-43-40-37-34-31-27-24-21-18-15-12-9-6-3)63-57(60)51-48-45-42-39-36-33-29-26-23-20-17-14-11-8-5-2/h7-8,10-11,14,16-17,19-20,23,25-26,28-29,32,35,41,44,54H,4-6,9,12-13,15,18,21-22,24,27,30-31,33-34,36-40,42-43,45-53H2,1-3H3/b10-7-,11-8-,17-14-,19-16-,23-20-,28-25-,29-26-,35-32-,44-41-. The maximum absolute atomic E-state index is 12.8. The van der Waals surface area contributed by atoms with Crippen LogP contribution in [0.5, 0.6) is 0 Å². The zero-order valence-corrected chi connectivity index (χ0v) is 40.5. The third-order valence-corrected chi connectivity index (χ3v) is 10.4. The Bertz CT molecular complexity index is 1330. The Morgan fingerprint density at radius 1 is 0.349 bits per heavy atom. The molecule has 0 aliphatic carbocycles. The maximum atomic E-state index is 12.8. The van der Waals surface area contributed by atoms with Crippen LogP contribution in [0, 0.1) is 0 Å². The van der Waals surface area contributed by atoms with Crippen LogP contribution in [-0.2, 0) is 28.6 Å². The number of allylic oxidation sites excluding steroid dienone is 18. The van der Waals surface area contributed by atoms with Crippen LogP contribution < -0.4 is 0 Å². The molecule has 0 saturated carbocycles. The minimum atomic E-state index is -0.820. The van der Waals surface area contributed by atoms with Gasteiger partial charge in [0.2, 0.25) is 0 Å². The van der Waals surface area contributed by atoms with E-state index in [1.54, 1.807) is 0 Å². The van der Waals surface area contributed by atoms with Crippen molar-refractivity contribution in [2.24, 2.45) is 0 Å². The number of hydrogen-bond donors (Lipinski definition) is 0. The predicted octanol–water partition coefficient (Wildman–Crippen LogP) is 16.8. The summed E-state index contributed by atoms with van der Waals surface area (Å²) in [6, 6.07) is 0. The van der Waals surface area contributed by atoms with Gasteiger partial charge in [-0.2, -0.15) is 0 Å². The van der Waals surface area contributed by atoms with Gasteiger partial charge in [-0.25, -0.2) is 0 Å². The molecule has 1 atom stereocenters. The normalized spacial score (nSPS) is 13.0. The van der Waals surface area contributed by atoms with Gasteiger partial charge in [-0.1, -0.05) is 233 Å². The SMILES string of the molecule is CC\C=C/C=C\C=C/C=C\CCCCCCCC(=O)OC(COC(=O)CC/C=C\C/C=C\C/C=C\C/C=C\C/C=C\CC)COC(=O)CCCCCCCCCCCCCCCC. The number of hydrogen-bond acceptors (Lipinski definition) is 6. The second kappa shape index (κ2) is 50.7. The Labute approximate surface area is 387 Å². The van der Waals surface area contributed by atoms with Crippen LogP contribution in [0.2, 0.25) is 0 Å². The highest BCUT2D eigenvalue weighted by atomic mass is 16.6. The van der Waals surface area contributed by atoms with Crippen LogP contribution in [0.1, 0.15) is 213 Å². The monoisotopic (exact) mass is 873 g/mol. The summed E-state index contributed by atoms with van der Waals surface area (Å²) in [4.78, 5) is 37.9. The molecule has 0 spiro atoms. The van der Waals surface area contributed by atoms with E-state index < -0.39 is 6.10 Å². The van der Waals surface area contributed by atoms with Crippen LogP contribution in [0.15, 0.2) is 109 Å². The van der Waals surface area contributed by atoms with Crippen molar-refractivity contribution in [1.82, 2.24) is 0 Å². The minimum Gasteiger partial charge on any atom is -0.462 e.